The summed E-state index contributed by atoms with van der Waals surface area (Å²) in [4.78, 5) is 8.08. The van der Waals surface area contributed by atoms with Crippen LogP contribution in [0.1, 0.15) is 43.5 Å². The zero-order valence-corrected chi connectivity index (χ0v) is 11.8. The molecule has 0 aromatic carbocycles. The minimum absolute atomic E-state index is 0.499. The highest BCUT2D eigenvalue weighted by molar-refractivity contribution is 7.09. The molecule has 1 aliphatic carbocycles. The fourth-order valence-electron chi connectivity index (χ4n) is 2.72. The van der Waals surface area contributed by atoms with E-state index < -0.39 is 0 Å². The van der Waals surface area contributed by atoms with Gasteiger partial charge >= 0.3 is 0 Å². The van der Waals surface area contributed by atoms with Crippen molar-refractivity contribution in [2.45, 2.75) is 50.7 Å². The Labute approximate surface area is 108 Å². The number of rotatable bonds is 4. The quantitative estimate of drug-likeness (QED) is 0.894. The Kier molecular flexibility index (Phi) is 4.54. The van der Waals surface area contributed by atoms with Gasteiger partial charge in [0, 0.05) is 29.2 Å². The third-order valence-corrected chi connectivity index (χ3v) is 5.10. The van der Waals surface area contributed by atoms with E-state index in [1.807, 2.05) is 11.7 Å². The lowest BCUT2D eigenvalue weighted by Gasteiger charge is -2.37. The zero-order valence-electron chi connectivity index (χ0n) is 11.0. The van der Waals surface area contributed by atoms with Crippen LogP contribution in [0.3, 0.4) is 0 Å². The van der Waals surface area contributed by atoms with Gasteiger partial charge in [0.1, 0.15) is 0 Å². The smallest absolute Gasteiger partial charge is 0.0794 e. The standard InChI is InChI=1S/C13H23N3S/c1-10(13-8-15-9-17-13)16(3)12-6-4-11(14-2)5-7-12/h8-12,14H,4-7H2,1-3H3. The van der Waals surface area contributed by atoms with Gasteiger partial charge in [-0.15, -0.1) is 11.3 Å². The van der Waals surface area contributed by atoms with E-state index in [-0.39, 0.29) is 0 Å². The lowest BCUT2D eigenvalue weighted by Crippen LogP contribution is -2.40. The predicted octanol–water partition coefficient (Wildman–Crippen LogP) is 2.67. The molecule has 0 aliphatic heterocycles. The van der Waals surface area contributed by atoms with Crippen LogP contribution in [0.4, 0.5) is 0 Å². The molecule has 1 aromatic heterocycles. The van der Waals surface area contributed by atoms with Gasteiger partial charge in [-0.2, -0.15) is 0 Å². The monoisotopic (exact) mass is 253 g/mol. The van der Waals surface area contributed by atoms with Crippen LogP contribution in [-0.4, -0.2) is 36.1 Å². The maximum atomic E-state index is 4.18. The van der Waals surface area contributed by atoms with Crippen LogP contribution < -0.4 is 5.32 Å². The summed E-state index contributed by atoms with van der Waals surface area (Å²) in [6.07, 6.45) is 7.24. The molecule has 0 saturated heterocycles. The molecule has 1 aliphatic rings. The van der Waals surface area contributed by atoms with Crippen molar-refractivity contribution in [2.75, 3.05) is 14.1 Å². The number of hydrogen-bond donors (Lipinski definition) is 1. The summed E-state index contributed by atoms with van der Waals surface area (Å²) in [6.45, 7) is 2.29. The Balaban J connectivity index is 1.90. The normalized spacial score (nSPS) is 27.3. The Morgan fingerprint density at radius 2 is 2.12 bits per heavy atom. The molecule has 0 amide bonds. The van der Waals surface area contributed by atoms with Crippen LogP contribution in [0.5, 0.6) is 0 Å². The van der Waals surface area contributed by atoms with Gasteiger partial charge in [0.15, 0.2) is 0 Å². The second-order valence-electron chi connectivity index (χ2n) is 5.04. The van der Waals surface area contributed by atoms with E-state index in [0.29, 0.717) is 6.04 Å². The summed E-state index contributed by atoms with van der Waals surface area (Å²) in [5.74, 6) is 0. The van der Waals surface area contributed by atoms with Crippen molar-refractivity contribution in [3.63, 3.8) is 0 Å². The average molecular weight is 253 g/mol. The molecule has 0 bridgehead atoms. The predicted molar refractivity (Wildman–Crippen MR) is 73.4 cm³/mol. The van der Waals surface area contributed by atoms with Gasteiger partial charge < -0.3 is 5.32 Å². The largest absolute Gasteiger partial charge is 0.317 e. The van der Waals surface area contributed by atoms with E-state index in [9.17, 15) is 0 Å². The van der Waals surface area contributed by atoms with Crippen molar-refractivity contribution in [3.05, 3.63) is 16.6 Å². The Bertz CT molecular complexity index is 317. The first kappa shape index (κ1) is 13.0. The molecule has 1 atom stereocenters. The number of nitrogens with one attached hydrogen (secondary N) is 1. The van der Waals surface area contributed by atoms with E-state index in [0.717, 1.165) is 12.1 Å². The van der Waals surface area contributed by atoms with Crippen molar-refractivity contribution in [3.8, 4) is 0 Å². The molecule has 17 heavy (non-hydrogen) atoms. The molecule has 1 heterocycles. The van der Waals surface area contributed by atoms with Crippen molar-refractivity contribution < 1.29 is 0 Å². The van der Waals surface area contributed by atoms with Crippen molar-refractivity contribution in [1.29, 1.82) is 0 Å². The fourth-order valence-corrected chi connectivity index (χ4v) is 3.45. The Hall–Kier alpha value is -0.450. The molecule has 3 nitrogen and oxygen atoms in total. The van der Waals surface area contributed by atoms with Gasteiger partial charge in [0.2, 0.25) is 0 Å². The summed E-state index contributed by atoms with van der Waals surface area (Å²) in [5.41, 5.74) is 1.93. The van der Waals surface area contributed by atoms with Gasteiger partial charge in [-0.05, 0) is 46.7 Å². The first-order chi connectivity index (χ1) is 8.22. The van der Waals surface area contributed by atoms with E-state index in [1.165, 1.54) is 30.6 Å². The van der Waals surface area contributed by atoms with Crippen LogP contribution in [-0.2, 0) is 0 Å². The van der Waals surface area contributed by atoms with Crippen LogP contribution in [0.25, 0.3) is 0 Å². The fraction of sp³-hybridized carbons (Fsp3) is 0.769. The molecule has 1 N–H and O–H groups in total. The summed E-state index contributed by atoms with van der Waals surface area (Å²) in [5, 5.41) is 3.39. The van der Waals surface area contributed by atoms with E-state index in [1.54, 1.807) is 11.3 Å². The second kappa shape index (κ2) is 5.94. The first-order valence-electron chi connectivity index (χ1n) is 6.50. The third kappa shape index (κ3) is 3.06. The molecule has 96 valence electrons. The van der Waals surface area contributed by atoms with E-state index >= 15 is 0 Å². The molecule has 1 unspecified atom stereocenters. The van der Waals surface area contributed by atoms with Crippen LogP contribution in [0.2, 0.25) is 0 Å². The summed E-state index contributed by atoms with van der Waals surface area (Å²) in [6, 6.07) is 1.97. The van der Waals surface area contributed by atoms with Crippen molar-refractivity contribution in [2.24, 2.45) is 0 Å². The molecule has 1 fully saturated rings. The number of thiazole rings is 1. The number of hydrogen-bond acceptors (Lipinski definition) is 4. The second-order valence-corrected chi connectivity index (χ2v) is 5.96. The minimum atomic E-state index is 0.499. The molecular formula is C13H23N3S. The minimum Gasteiger partial charge on any atom is -0.317 e. The SMILES string of the molecule is CNC1CCC(N(C)C(C)c2cncs2)CC1. The lowest BCUT2D eigenvalue weighted by molar-refractivity contribution is 0.138. The summed E-state index contributed by atoms with van der Waals surface area (Å²) in [7, 11) is 4.34. The molecule has 4 heteroatoms. The van der Waals surface area contributed by atoms with Gasteiger partial charge in [-0.3, -0.25) is 9.88 Å². The first-order valence-corrected chi connectivity index (χ1v) is 7.38. The third-order valence-electron chi connectivity index (χ3n) is 4.16. The molecule has 0 radical (unpaired) electrons. The number of nitrogens with zero attached hydrogens (tertiary/aromatic N) is 2. The molecule has 2 rings (SSSR count). The highest BCUT2D eigenvalue weighted by Crippen LogP contribution is 2.30. The van der Waals surface area contributed by atoms with Gasteiger partial charge in [0.25, 0.3) is 0 Å². The van der Waals surface area contributed by atoms with E-state index in [4.69, 9.17) is 0 Å². The van der Waals surface area contributed by atoms with Crippen LogP contribution in [0, 0.1) is 0 Å². The Morgan fingerprint density at radius 3 is 2.65 bits per heavy atom. The maximum Gasteiger partial charge on any atom is 0.0794 e. The average Bonchev–Trinajstić information content (AvgIpc) is 2.91. The maximum absolute atomic E-state index is 4.18. The molecular weight excluding hydrogens is 230 g/mol. The topological polar surface area (TPSA) is 28.2 Å². The molecule has 0 spiro atoms. The Morgan fingerprint density at radius 1 is 1.41 bits per heavy atom. The highest BCUT2D eigenvalue weighted by atomic mass is 32.1. The summed E-state index contributed by atoms with van der Waals surface area (Å²) < 4.78 is 0. The van der Waals surface area contributed by atoms with Crippen LogP contribution in [0.15, 0.2) is 11.7 Å². The van der Waals surface area contributed by atoms with Gasteiger partial charge in [0.05, 0.1) is 5.51 Å². The lowest BCUT2D eigenvalue weighted by atomic mass is 9.90. The van der Waals surface area contributed by atoms with Gasteiger partial charge in [-0.25, -0.2) is 0 Å². The van der Waals surface area contributed by atoms with Crippen LogP contribution >= 0.6 is 11.3 Å². The number of aromatic nitrogens is 1. The van der Waals surface area contributed by atoms with Crippen molar-refractivity contribution >= 4 is 11.3 Å². The van der Waals surface area contributed by atoms with Gasteiger partial charge in [-0.1, -0.05) is 0 Å². The highest BCUT2D eigenvalue weighted by Gasteiger charge is 2.26. The summed E-state index contributed by atoms with van der Waals surface area (Å²) >= 11 is 1.76. The molecule has 1 saturated carbocycles. The zero-order chi connectivity index (χ0) is 12.3. The van der Waals surface area contributed by atoms with E-state index in [2.05, 4.69) is 36.2 Å². The van der Waals surface area contributed by atoms with Crippen molar-refractivity contribution in [1.82, 2.24) is 15.2 Å². The molecule has 1 aromatic rings.